The lowest BCUT2D eigenvalue weighted by Crippen LogP contribution is -2.28. The Hall–Kier alpha value is -9.50. The van der Waals surface area contributed by atoms with Crippen LogP contribution in [-0.4, -0.2) is 0 Å². The van der Waals surface area contributed by atoms with E-state index in [-0.39, 0.29) is 0 Å². The number of benzene rings is 12. The Morgan fingerprint density at radius 2 is 0.767 bits per heavy atom. The highest BCUT2D eigenvalue weighted by Gasteiger charge is 2.46. The Bertz CT molecular complexity index is 4150. The van der Waals surface area contributed by atoms with Crippen LogP contribution in [0, 0.1) is 0 Å². The van der Waals surface area contributed by atoms with Gasteiger partial charge in [0.1, 0.15) is 11.2 Å². The molecule has 2 nitrogen and oxygen atoms in total. The van der Waals surface area contributed by atoms with Gasteiger partial charge in [0, 0.05) is 33.9 Å². The molecule has 1 aliphatic carbocycles. The topological polar surface area (TPSA) is 16.4 Å². The fraction of sp³-hybridized carbons (Fsp3) is 0.0141. The molecule has 0 N–H and O–H groups in total. The number of hydrogen-bond acceptors (Lipinski definition) is 2. The Labute approximate surface area is 425 Å². The molecule has 0 atom stereocenters. The second-order valence-corrected chi connectivity index (χ2v) is 19.2. The van der Waals surface area contributed by atoms with E-state index in [0.717, 1.165) is 50.1 Å². The lowest BCUT2D eigenvalue weighted by molar-refractivity contribution is 0.669. The third-order valence-corrected chi connectivity index (χ3v) is 15.1. The summed E-state index contributed by atoms with van der Waals surface area (Å²) in [6.07, 6.45) is 0. The quantitative estimate of drug-likeness (QED) is 0.143. The molecule has 13 aromatic rings. The van der Waals surface area contributed by atoms with E-state index in [9.17, 15) is 0 Å². The van der Waals surface area contributed by atoms with Crippen LogP contribution >= 0.6 is 0 Å². The van der Waals surface area contributed by atoms with Crippen LogP contribution in [0.1, 0.15) is 22.3 Å². The molecule has 0 aliphatic heterocycles. The van der Waals surface area contributed by atoms with Crippen molar-refractivity contribution >= 4 is 49.8 Å². The summed E-state index contributed by atoms with van der Waals surface area (Å²) < 4.78 is 6.49. The van der Waals surface area contributed by atoms with Crippen molar-refractivity contribution in [3.63, 3.8) is 0 Å². The summed E-state index contributed by atoms with van der Waals surface area (Å²) in [5.41, 5.74) is 21.6. The maximum Gasteiger partial charge on any atom is 0.137 e. The molecule has 0 spiro atoms. The minimum absolute atomic E-state index is 0.465. The Kier molecular flexibility index (Phi) is 10.1. The van der Waals surface area contributed by atoms with E-state index in [2.05, 4.69) is 278 Å². The minimum atomic E-state index is -0.465. The van der Waals surface area contributed by atoms with Gasteiger partial charge in [-0.15, -0.1) is 0 Å². The van der Waals surface area contributed by atoms with Crippen molar-refractivity contribution in [3.05, 3.63) is 307 Å². The zero-order valence-corrected chi connectivity index (χ0v) is 40.0. The van der Waals surface area contributed by atoms with E-state index in [1.54, 1.807) is 0 Å². The number of anilines is 3. The van der Waals surface area contributed by atoms with Crippen LogP contribution in [-0.2, 0) is 5.41 Å². The second kappa shape index (κ2) is 17.4. The van der Waals surface area contributed by atoms with Crippen LogP contribution in [0.3, 0.4) is 0 Å². The molecule has 0 fully saturated rings. The van der Waals surface area contributed by atoms with E-state index in [1.807, 2.05) is 12.1 Å². The van der Waals surface area contributed by atoms with Crippen LogP contribution in [0.4, 0.5) is 17.1 Å². The van der Waals surface area contributed by atoms with Gasteiger partial charge in [-0.3, -0.25) is 0 Å². The van der Waals surface area contributed by atoms with Crippen LogP contribution in [0.2, 0.25) is 0 Å². The Balaban J connectivity index is 0.845. The number of rotatable bonds is 9. The molecule has 342 valence electrons. The summed E-state index contributed by atoms with van der Waals surface area (Å²) in [5, 5.41) is 4.72. The molecule has 1 heterocycles. The lowest BCUT2D eigenvalue weighted by atomic mass is 9.67. The van der Waals surface area contributed by atoms with Crippen LogP contribution < -0.4 is 4.90 Å². The van der Waals surface area contributed by atoms with Crippen molar-refractivity contribution in [2.45, 2.75) is 5.41 Å². The van der Waals surface area contributed by atoms with Crippen LogP contribution in [0.25, 0.3) is 88.3 Å². The summed E-state index contributed by atoms with van der Waals surface area (Å²) in [6, 6.07) is 104. The van der Waals surface area contributed by atoms with Gasteiger partial charge in [-0.25, -0.2) is 0 Å². The SMILES string of the molecule is c1ccc(C2(c3ccccc3)c3ccccc3-c3c(-c4ccc(N(c5ccc(-c6cccc(-c7cccc(-c8ccc9ccccc9c8)c7)c6)cc5)c5ccc6c(c5)oc5ccccc56)cc4)cccc32)cc1. The zero-order chi connectivity index (χ0) is 48.3. The number of para-hydroxylation sites is 1. The van der Waals surface area contributed by atoms with Crippen LogP contribution in [0.15, 0.2) is 290 Å². The van der Waals surface area contributed by atoms with Crippen molar-refractivity contribution < 1.29 is 4.42 Å². The summed E-state index contributed by atoms with van der Waals surface area (Å²) in [4.78, 5) is 2.34. The molecule has 1 aromatic heterocycles. The number of fused-ring (bicyclic) bond motifs is 7. The average molecular weight is 930 g/mol. The third kappa shape index (κ3) is 7.10. The summed E-state index contributed by atoms with van der Waals surface area (Å²) in [6.45, 7) is 0. The zero-order valence-electron chi connectivity index (χ0n) is 40.0. The van der Waals surface area contributed by atoms with E-state index < -0.39 is 5.41 Å². The molecule has 0 saturated carbocycles. The number of hydrogen-bond donors (Lipinski definition) is 0. The molecule has 0 bridgehead atoms. The fourth-order valence-electron chi connectivity index (χ4n) is 11.8. The van der Waals surface area contributed by atoms with Crippen molar-refractivity contribution in [3.8, 4) is 55.6 Å². The van der Waals surface area contributed by atoms with E-state index in [0.29, 0.717) is 0 Å². The van der Waals surface area contributed by atoms with E-state index >= 15 is 0 Å². The molecule has 0 unspecified atom stereocenters. The third-order valence-electron chi connectivity index (χ3n) is 15.1. The first kappa shape index (κ1) is 42.4. The first-order valence-electron chi connectivity index (χ1n) is 25.1. The van der Waals surface area contributed by atoms with Crippen molar-refractivity contribution in [2.24, 2.45) is 0 Å². The second-order valence-electron chi connectivity index (χ2n) is 19.2. The smallest absolute Gasteiger partial charge is 0.137 e. The Morgan fingerprint density at radius 1 is 0.274 bits per heavy atom. The standard InChI is InChI=1S/C71H47NO/c1-3-22-57(23-4-1)71(58-24-5-2-6-25-58)66-29-11-9-27-65(66)70-62(28-15-30-67(70)71)50-36-40-60(41-37-50)72(61-42-43-64-63-26-10-12-31-68(63)73-69(64)47-61)59-38-34-49(35-39-59)52-18-13-19-53(44-52)54-20-14-21-55(46-54)56-33-32-48-16-7-8-17-51(48)45-56/h1-47H. The van der Waals surface area contributed by atoms with E-state index in [4.69, 9.17) is 4.42 Å². The average Bonchev–Trinajstić information content (AvgIpc) is 4.05. The molecule has 2 heteroatoms. The maximum absolute atomic E-state index is 6.49. The van der Waals surface area contributed by atoms with Gasteiger partial charge in [0.25, 0.3) is 0 Å². The van der Waals surface area contributed by atoms with Gasteiger partial charge < -0.3 is 9.32 Å². The molecule has 1 aliphatic rings. The summed E-state index contributed by atoms with van der Waals surface area (Å²) in [5.74, 6) is 0. The van der Waals surface area contributed by atoms with Gasteiger partial charge in [-0.2, -0.15) is 0 Å². The van der Waals surface area contributed by atoms with Crippen molar-refractivity contribution in [2.75, 3.05) is 4.90 Å². The molecular formula is C71H47NO. The molecular weight excluding hydrogens is 883 g/mol. The van der Waals surface area contributed by atoms with Crippen LogP contribution in [0.5, 0.6) is 0 Å². The Morgan fingerprint density at radius 3 is 1.47 bits per heavy atom. The van der Waals surface area contributed by atoms with Gasteiger partial charge in [0.15, 0.2) is 0 Å². The number of furan rings is 1. The highest BCUT2D eigenvalue weighted by Crippen LogP contribution is 2.58. The van der Waals surface area contributed by atoms with Crippen molar-refractivity contribution in [1.82, 2.24) is 0 Å². The molecule has 12 aromatic carbocycles. The maximum atomic E-state index is 6.49. The molecule has 0 amide bonds. The minimum Gasteiger partial charge on any atom is -0.456 e. The van der Waals surface area contributed by atoms with Gasteiger partial charge in [0.05, 0.1) is 5.41 Å². The predicted octanol–water partition coefficient (Wildman–Crippen LogP) is 19.2. The van der Waals surface area contributed by atoms with Gasteiger partial charge in [-0.1, -0.05) is 218 Å². The van der Waals surface area contributed by atoms with Gasteiger partial charge in [-0.05, 0) is 149 Å². The first-order valence-corrected chi connectivity index (χ1v) is 25.1. The number of nitrogens with zero attached hydrogens (tertiary/aromatic N) is 1. The highest BCUT2D eigenvalue weighted by atomic mass is 16.3. The van der Waals surface area contributed by atoms with E-state index in [1.165, 1.54) is 77.5 Å². The molecule has 0 radical (unpaired) electrons. The van der Waals surface area contributed by atoms with Gasteiger partial charge >= 0.3 is 0 Å². The predicted molar refractivity (Wildman–Crippen MR) is 305 cm³/mol. The summed E-state index contributed by atoms with van der Waals surface area (Å²) >= 11 is 0. The normalized spacial score (nSPS) is 12.5. The summed E-state index contributed by atoms with van der Waals surface area (Å²) in [7, 11) is 0. The van der Waals surface area contributed by atoms with Crippen molar-refractivity contribution in [1.29, 1.82) is 0 Å². The highest BCUT2D eigenvalue weighted by molar-refractivity contribution is 6.06. The molecule has 0 saturated heterocycles. The molecule has 73 heavy (non-hydrogen) atoms. The van der Waals surface area contributed by atoms with Gasteiger partial charge in [0.2, 0.25) is 0 Å². The molecule has 14 rings (SSSR count). The largest absolute Gasteiger partial charge is 0.456 e. The monoisotopic (exact) mass is 929 g/mol. The lowest BCUT2D eigenvalue weighted by Gasteiger charge is -2.34. The fourth-order valence-corrected chi connectivity index (χ4v) is 11.8. The first-order chi connectivity index (χ1) is 36.2.